The third-order valence-electron chi connectivity index (χ3n) is 4.76. The Morgan fingerprint density at radius 3 is 2.46 bits per heavy atom. The zero-order valence-electron chi connectivity index (χ0n) is 14.1. The van der Waals surface area contributed by atoms with Gasteiger partial charge in [0.05, 0.1) is 32.7 Å². The molecule has 134 valence electrons. The molecule has 4 unspecified atom stereocenters. The van der Waals surface area contributed by atoms with E-state index in [0.717, 1.165) is 0 Å². The van der Waals surface area contributed by atoms with Crippen molar-refractivity contribution in [2.75, 3.05) is 27.4 Å². The average Bonchev–Trinajstić information content (AvgIpc) is 2.58. The van der Waals surface area contributed by atoms with Gasteiger partial charge in [-0.05, 0) is 25.8 Å². The van der Waals surface area contributed by atoms with E-state index < -0.39 is 41.4 Å². The molecule has 2 aliphatic rings. The fourth-order valence-electron chi connectivity index (χ4n) is 3.50. The van der Waals surface area contributed by atoms with Gasteiger partial charge < -0.3 is 19.3 Å². The minimum Gasteiger partial charge on any atom is -0.469 e. The van der Waals surface area contributed by atoms with Crippen molar-refractivity contribution in [2.24, 2.45) is 17.8 Å². The number of aliphatic hydroxyl groups is 1. The molecule has 1 saturated carbocycles. The van der Waals surface area contributed by atoms with Gasteiger partial charge >= 0.3 is 18.0 Å². The third kappa shape index (κ3) is 3.24. The van der Waals surface area contributed by atoms with Crippen molar-refractivity contribution in [1.82, 2.24) is 4.90 Å². The highest BCUT2D eigenvalue weighted by Crippen LogP contribution is 2.45. The lowest BCUT2D eigenvalue weighted by Crippen LogP contribution is -2.58. The number of rotatable bonds is 3. The Morgan fingerprint density at radius 2 is 1.88 bits per heavy atom. The Hall–Kier alpha value is -2.09. The number of esters is 2. The van der Waals surface area contributed by atoms with E-state index in [9.17, 15) is 19.5 Å². The van der Waals surface area contributed by atoms with E-state index >= 15 is 0 Å². The Kier molecular flexibility index (Phi) is 5.48. The summed E-state index contributed by atoms with van der Waals surface area (Å²) in [7, 11) is 2.52. The largest absolute Gasteiger partial charge is 0.469 e. The number of fused-ring (bicyclic) bond motifs is 1. The monoisotopic (exact) mass is 341 g/mol. The number of hydrogen-bond donors (Lipinski definition) is 1. The Bertz CT molecular complexity index is 547. The molecule has 1 aliphatic heterocycles. The highest BCUT2D eigenvalue weighted by molar-refractivity contribution is 5.78. The van der Waals surface area contributed by atoms with E-state index in [-0.39, 0.29) is 19.6 Å². The summed E-state index contributed by atoms with van der Waals surface area (Å²) < 4.78 is 14.5. The molecule has 0 radical (unpaired) electrons. The molecule has 2 rings (SSSR count). The van der Waals surface area contributed by atoms with E-state index in [0.29, 0.717) is 6.42 Å². The van der Waals surface area contributed by atoms with Gasteiger partial charge in [-0.1, -0.05) is 0 Å². The van der Waals surface area contributed by atoms with E-state index in [1.54, 1.807) is 6.92 Å². The minimum atomic E-state index is -1.47. The first kappa shape index (κ1) is 18.3. The zero-order valence-corrected chi connectivity index (χ0v) is 14.1. The quantitative estimate of drug-likeness (QED) is 0.595. The maximum Gasteiger partial charge on any atom is 0.413 e. The third-order valence-corrected chi connectivity index (χ3v) is 4.76. The summed E-state index contributed by atoms with van der Waals surface area (Å²) in [5.74, 6) is -2.98. The van der Waals surface area contributed by atoms with Gasteiger partial charge in [0, 0.05) is 18.7 Å². The Labute approximate surface area is 140 Å². The van der Waals surface area contributed by atoms with Crippen molar-refractivity contribution >= 4 is 18.0 Å². The van der Waals surface area contributed by atoms with Crippen molar-refractivity contribution < 1.29 is 33.7 Å². The first-order valence-electron chi connectivity index (χ1n) is 7.88. The number of amides is 1. The van der Waals surface area contributed by atoms with Gasteiger partial charge in [-0.3, -0.25) is 14.5 Å². The minimum absolute atomic E-state index is 0.135. The molecule has 1 fully saturated rings. The van der Waals surface area contributed by atoms with Crippen molar-refractivity contribution in [1.29, 1.82) is 0 Å². The van der Waals surface area contributed by atoms with E-state index in [1.807, 2.05) is 0 Å². The number of carbonyl (C=O) groups excluding carboxylic acids is 3. The van der Waals surface area contributed by atoms with E-state index in [2.05, 4.69) is 0 Å². The van der Waals surface area contributed by atoms with Crippen LogP contribution in [0, 0.1) is 17.8 Å². The molecule has 8 nitrogen and oxygen atoms in total. The van der Waals surface area contributed by atoms with E-state index in [4.69, 9.17) is 14.2 Å². The fraction of sp³-hybridized carbons (Fsp3) is 0.688. The summed E-state index contributed by atoms with van der Waals surface area (Å²) in [6.45, 7) is 2.07. The normalized spacial score (nSPS) is 31.8. The van der Waals surface area contributed by atoms with Gasteiger partial charge in [0.15, 0.2) is 0 Å². The molecule has 1 aliphatic carbocycles. The van der Waals surface area contributed by atoms with Crippen LogP contribution in [0.25, 0.3) is 0 Å². The van der Waals surface area contributed by atoms with Gasteiger partial charge in [0.1, 0.15) is 5.60 Å². The predicted molar refractivity (Wildman–Crippen MR) is 81.6 cm³/mol. The number of carbonyl (C=O) groups is 3. The molecule has 0 aromatic heterocycles. The number of methoxy groups -OCH3 is 2. The van der Waals surface area contributed by atoms with Crippen LogP contribution in [0.15, 0.2) is 12.3 Å². The molecule has 0 aromatic carbocycles. The Morgan fingerprint density at radius 1 is 1.21 bits per heavy atom. The lowest BCUT2D eigenvalue weighted by molar-refractivity contribution is -0.169. The summed E-state index contributed by atoms with van der Waals surface area (Å²) in [4.78, 5) is 37.3. The maximum atomic E-state index is 12.1. The molecule has 1 N–H and O–H groups in total. The summed E-state index contributed by atoms with van der Waals surface area (Å²) in [5.41, 5.74) is -1.47. The van der Waals surface area contributed by atoms with Gasteiger partial charge in [-0.25, -0.2) is 4.79 Å². The SMILES string of the molecule is CCOC(=O)N1C=CC2(O)C(CC(C(=O)OC)CC2C(=O)OC)C1. The van der Waals surface area contributed by atoms with Crippen molar-refractivity contribution in [3.8, 4) is 0 Å². The van der Waals surface area contributed by atoms with Crippen LogP contribution < -0.4 is 0 Å². The molecule has 0 aromatic rings. The summed E-state index contributed by atoms with van der Waals surface area (Å²) in [5, 5.41) is 11.0. The van der Waals surface area contributed by atoms with Crippen molar-refractivity contribution in [3.63, 3.8) is 0 Å². The van der Waals surface area contributed by atoms with Crippen molar-refractivity contribution in [2.45, 2.75) is 25.4 Å². The maximum absolute atomic E-state index is 12.1. The summed E-state index contributed by atoms with van der Waals surface area (Å²) in [6, 6.07) is 0. The topological polar surface area (TPSA) is 102 Å². The van der Waals surface area contributed by atoms with E-state index in [1.165, 1.54) is 31.4 Å². The van der Waals surface area contributed by atoms with Crippen molar-refractivity contribution in [3.05, 3.63) is 12.3 Å². The molecule has 0 spiro atoms. The van der Waals surface area contributed by atoms with Crippen LogP contribution in [0.5, 0.6) is 0 Å². The molecule has 8 heteroatoms. The molecule has 1 heterocycles. The standard InChI is InChI=1S/C16H23NO7/c1-4-24-15(20)17-6-5-16(21)11(9-17)7-10(13(18)22-2)8-12(16)14(19)23-3/h5-6,10-12,21H,4,7-9H2,1-3H3. The molecule has 1 amide bonds. The van der Waals surface area contributed by atoms with Crippen LogP contribution in [0.4, 0.5) is 4.79 Å². The first-order valence-corrected chi connectivity index (χ1v) is 7.88. The second-order valence-electron chi connectivity index (χ2n) is 6.02. The fourth-order valence-corrected chi connectivity index (χ4v) is 3.50. The smallest absolute Gasteiger partial charge is 0.413 e. The molecule has 4 atom stereocenters. The van der Waals surface area contributed by atoms with Crippen LogP contribution >= 0.6 is 0 Å². The van der Waals surface area contributed by atoms with Crippen LogP contribution in [-0.2, 0) is 23.8 Å². The van der Waals surface area contributed by atoms with Gasteiger partial charge in [0.2, 0.25) is 0 Å². The van der Waals surface area contributed by atoms with Crippen LogP contribution in [0.2, 0.25) is 0 Å². The van der Waals surface area contributed by atoms with Crippen LogP contribution in [0.1, 0.15) is 19.8 Å². The average molecular weight is 341 g/mol. The van der Waals surface area contributed by atoms with Gasteiger partial charge in [-0.2, -0.15) is 0 Å². The second-order valence-corrected chi connectivity index (χ2v) is 6.02. The van der Waals surface area contributed by atoms with Crippen LogP contribution in [0.3, 0.4) is 0 Å². The molecule has 0 saturated heterocycles. The summed E-state index contributed by atoms with van der Waals surface area (Å²) in [6.07, 6.45) is 2.74. The predicted octanol–water partition coefficient (Wildman–Crippen LogP) is 0.692. The lowest BCUT2D eigenvalue weighted by atomic mass is 9.63. The highest BCUT2D eigenvalue weighted by Gasteiger charge is 2.55. The molecule has 24 heavy (non-hydrogen) atoms. The number of hydrogen-bond acceptors (Lipinski definition) is 7. The molecular weight excluding hydrogens is 318 g/mol. The van der Waals surface area contributed by atoms with Gasteiger partial charge in [-0.15, -0.1) is 0 Å². The number of ether oxygens (including phenoxy) is 3. The zero-order chi connectivity index (χ0) is 17.9. The van der Waals surface area contributed by atoms with Crippen LogP contribution in [-0.4, -0.2) is 61.0 Å². The second kappa shape index (κ2) is 7.21. The molecular formula is C16H23NO7. The van der Waals surface area contributed by atoms with Gasteiger partial charge in [0.25, 0.3) is 0 Å². The lowest BCUT2D eigenvalue weighted by Gasteiger charge is -2.48. The Balaban J connectivity index is 2.31. The summed E-state index contributed by atoms with van der Waals surface area (Å²) >= 11 is 0. The highest BCUT2D eigenvalue weighted by atomic mass is 16.6. The first-order chi connectivity index (χ1) is 11.4. The number of nitrogens with zero attached hydrogens (tertiary/aromatic N) is 1. The molecule has 0 bridgehead atoms.